The molecule has 20 heavy (non-hydrogen) atoms. The van der Waals surface area contributed by atoms with Crippen LogP contribution in [0.25, 0.3) is 0 Å². The quantitative estimate of drug-likeness (QED) is 0.811. The van der Waals surface area contributed by atoms with E-state index in [-0.39, 0.29) is 18.5 Å². The molecule has 0 spiro atoms. The Labute approximate surface area is 120 Å². The molecule has 114 valence electrons. The van der Waals surface area contributed by atoms with Crippen LogP contribution in [0.5, 0.6) is 0 Å². The molecule has 2 saturated heterocycles. The summed E-state index contributed by atoms with van der Waals surface area (Å²) >= 11 is 0. The third kappa shape index (κ3) is 3.42. The highest BCUT2D eigenvalue weighted by molar-refractivity contribution is 5.76. The molecule has 2 bridgehead atoms. The number of rotatable bonds is 4. The van der Waals surface area contributed by atoms with Crippen LogP contribution in [0.15, 0.2) is 0 Å². The maximum Gasteiger partial charge on any atom is 0.317 e. The number of hydrogen-bond donors (Lipinski definition) is 2. The Morgan fingerprint density at radius 3 is 2.65 bits per heavy atom. The van der Waals surface area contributed by atoms with E-state index >= 15 is 0 Å². The average molecular weight is 283 g/mol. The summed E-state index contributed by atoms with van der Waals surface area (Å²) < 4.78 is 0. The Morgan fingerprint density at radius 1 is 1.30 bits per heavy atom. The van der Waals surface area contributed by atoms with Crippen molar-refractivity contribution < 1.29 is 14.7 Å². The lowest BCUT2D eigenvalue weighted by atomic mass is 10.1. The first kappa shape index (κ1) is 15.1. The largest absolute Gasteiger partial charge is 0.481 e. The van der Waals surface area contributed by atoms with E-state index in [2.05, 4.69) is 17.3 Å². The van der Waals surface area contributed by atoms with Crippen molar-refractivity contribution in [3.05, 3.63) is 0 Å². The van der Waals surface area contributed by atoms with Gasteiger partial charge >= 0.3 is 12.0 Å². The van der Waals surface area contributed by atoms with Crippen molar-refractivity contribution >= 4 is 12.0 Å². The number of carbonyl (C=O) groups excluding carboxylic acids is 1. The molecule has 2 N–H and O–H groups in total. The molecular weight excluding hydrogens is 258 g/mol. The standard InChI is InChI=1S/C14H25N3O3/c1-3-10(8-13(18)19)15-14(20)17-7-6-11-4-5-12(9-17)16(11)2/h10-12H,3-9H2,1-2H3,(H,15,20)(H,18,19). The first-order valence-electron chi connectivity index (χ1n) is 7.50. The molecule has 0 aromatic rings. The van der Waals surface area contributed by atoms with E-state index in [4.69, 9.17) is 5.11 Å². The lowest BCUT2D eigenvalue weighted by Gasteiger charge is -2.27. The second-order valence-corrected chi connectivity index (χ2v) is 5.94. The van der Waals surface area contributed by atoms with Crippen molar-refractivity contribution in [3.63, 3.8) is 0 Å². The maximum atomic E-state index is 12.3. The molecule has 2 rings (SSSR count). The van der Waals surface area contributed by atoms with Gasteiger partial charge in [0.05, 0.1) is 6.42 Å². The van der Waals surface area contributed by atoms with Crippen LogP contribution in [-0.4, -0.2) is 65.2 Å². The number of nitrogens with one attached hydrogen (secondary N) is 1. The normalized spacial score (nSPS) is 28.0. The summed E-state index contributed by atoms with van der Waals surface area (Å²) in [5.74, 6) is -0.869. The van der Waals surface area contributed by atoms with Gasteiger partial charge in [-0.2, -0.15) is 0 Å². The summed E-state index contributed by atoms with van der Waals surface area (Å²) in [5, 5.41) is 11.7. The fourth-order valence-corrected chi connectivity index (χ4v) is 3.27. The number of likely N-dealkylation sites (tertiary alicyclic amines) is 1. The zero-order chi connectivity index (χ0) is 14.7. The van der Waals surface area contributed by atoms with Gasteiger partial charge in [0.25, 0.3) is 0 Å². The molecule has 2 fully saturated rings. The zero-order valence-electron chi connectivity index (χ0n) is 12.3. The molecule has 2 aliphatic rings. The number of carbonyl (C=O) groups is 2. The fraction of sp³-hybridized carbons (Fsp3) is 0.857. The highest BCUT2D eigenvalue weighted by atomic mass is 16.4. The molecule has 6 nitrogen and oxygen atoms in total. The van der Waals surface area contributed by atoms with Gasteiger partial charge in [0, 0.05) is 31.2 Å². The monoisotopic (exact) mass is 283 g/mol. The molecular formula is C14H25N3O3. The highest BCUT2D eigenvalue weighted by Gasteiger charge is 2.36. The van der Waals surface area contributed by atoms with Gasteiger partial charge < -0.3 is 15.3 Å². The van der Waals surface area contributed by atoms with Crippen molar-refractivity contribution in [2.24, 2.45) is 0 Å². The second-order valence-electron chi connectivity index (χ2n) is 5.94. The summed E-state index contributed by atoms with van der Waals surface area (Å²) in [6.45, 7) is 3.41. The molecule has 2 heterocycles. The van der Waals surface area contributed by atoms with Gasteiger partial charge in [-0.05, 0) is 32.7 Å². The number of fused-ring (bicyclic) bond motifs is 2. The van der Waals surface area contributed by atoms with Crippen molar-refractivity contribution in [1.29, 1.82) is 0 Å². The topological polar surface area (TPSA) is 72.9 Å². The molecule has 0 aliphatic carbocycles. The van der Waals surface area contributed by atoms with Gasteiger partial charge in [-0.25, -0.2) is 4.79 Å². The lowest BCUT2D eigenvalue weighted by Crippen LogP contribution is -2.48. The molecule has 2 amide bonds. The van der Waals surface area contributed by atoms with Crippen molar-refractivity contribution in [1.82, 2.24) is 15.1 Å². The van der Waals surface area contributed by atoms with Gasteiger partial charge in [-0.15, -0.1) is 0 Å². The first-order chi connectivity index (χ1) is 9.51. The summed E-state index contributed by atoms with van der Waals surface area (Å²) in [6, 6.07) is 0.656. The van der Waals surface area contributed by atoms with Crippen LogP contribution in [0.1, 0.15) is 39.0 Å². The minimum absolute atomic E-state index is 0.0119. The van der Waals surface area contributed by atoms with Crippen molar-refractivity contribution in [3.8, 4) is 0 Å². The Morgan fingerprint density at radius 2 is 2.00 bits per heavy atom. The number of carboxylic acids is 1. The minimum atomic E-state index is -0.869. The van der Waals surface area contributed by atoms with Gasteiger partial charge in [-0.3, -0.25) is 9.69 Å². The van der Waals surface area contributed by atoms with Crippen LogP contribution in [0.3, 0.4) is 0 Å². The zero-order valence-corrected chi connectivity index (χ0v) is 12.3. The van der Waals surface area contributed by atoms with E-state index in [0.29, 0.717) is 18.5 Å². The first-order valence-corrected chi connectivity index (χ1v) is 7.50. The second kappa shape index (κ2) is 6.43. The fourth-order valence-electron chi connectivity index (χ4n) is 3.27. The van der Waals surface area contributed by atoms with E-state index in [0.717, 1.165) is 25.9 Å². The predicted molar refractivity (Wildman–Crippen MR) is 75.6 cm³/mol. The van der Waals surface area contributed by atoms with Gasteiger partial charge in [0.15, 0.2) is 0 Å². The summed E-state index contributed by atoms with van der Waals surface area (Å²) in [7, 11) is 2.14. The molecule has 0 radical (unpaired) electrons. The molecule has 6 heteroatoms. The number of hydrogen-bond acceptors (Lipinski definition) is 3. The van der Waals surface area contributed by atoms with Crippen LogP contribution in [0.2, 0.25) is 0 Å². The summed E-state index contributed by atoms with van der Waals surface area (Å²) in [5.41, 5.74) is 0. The van der Waals surface area contributed by atoms with Crippen molar-refractivity contribution in [2.75, 3.05) is 20.1 Å². The smallest absolute Gasteiger partial charge is 0.317 e. The highest BCUT2D eigenvalue weighted by Crippen LogP contribution is 2.28. The van der Waals surface area contributed by atoms with Crippen LogP contribution >= 0.6 is 0 Å². The minimum Gasteiger partial charge on any atom is -0.481 e. The van der Waals surface area contributed by atoms with E-state index in [1.54, 1.807) is 0 Å². The Balaban J connectivity index is 1.90. The summed E-state index contributed by atoms with van der Waals surface area (Å²) in [4.78, 5) is 27.3. The van der Waals surface area contributed by atoms with Crippen LogP contribution in [0, 0.1) is 0 Å². The molecule has 0 saturated carbocycles. The number of urea groups is 1. The average Bonchev–Trinajstić information content (AvgIpc) is 2.61. The van der Waals surface area contributed by atoms with Crippen LogP contribution < -0.4 is 5.32 Å². The van der Waals surface area contributed by atoms with E-state index in [9.17, 15) is 9.59 Å². The van der Waals surface area contributed by atoms with Crippen LogP contribution in [0.4, 0.5) is 4.79 Å². The summed E-state index contributed by atoms with van der Waals surface area (Å²) in [6.07, 6.45) is 4.01. The Bertz CT molecular complexity index is 375. The Kier molecular flexibility index (Phi) is 4.86. The number of nitrogens with zero attached hydrogens (tertiary/aromatic N) is 2. The number of amides is 2. The molecule has 3 atom stereocenters. The third-order valence-corrected chi connectivity index (χ3v) is 4.68. The number of aliphatic carboxylic acids is 1. The molecule has 0 aromatic heterocycles. The molecule has 0 aromatic carbocycles. The maximum absolute atomic E-state index is 12.3. The van der Waals surface area contributed by atoms with Gasteiger partial charge in [-0.1, -0.05) is 6.92 Å². The molecule has 3 unspecified atom stereocenters. The predicted octanol–water partition coefficient (Wildman–Crippen LogP) is 1.12. The van der Waals surface area contributed by atoms with E-state index in [1.165, 1.54) is 6.42 Å². The van der Waals surface area contributed by atoms with Crippen molar-refractivity contribution in [2.45, 2.75) is 57.2 Å². The Hall–Kier alpha value is -1.30. The lowest BCUT2D eigenvalue weighted by molar-refractivity contribution is -0.137. The van der Waals surface area contributed by atoms with Crippen LogP contribution in [-0.2, 0) is 4.79 Å². The third-order valence-electron chi connectivity index (χ3n) is 4.68. The number of carboxylic acid groups (broad SMARTS) is 1. The molecule has 2 aliphatic heterocycles. The SMILES string of the molecule is CCC(CC(=O)O)NC(=O)N1CCC2CCC(C1)N2C. The van der Waals surface area contributed by atoms with E-state index < -0.39 is 5.97 Å². The van der Waals surface area contributed by atoms with E-state index in [1.807, 2.05) is 11.8 Å². The van der Waals surface area contributed by atoms with Gasteiger partial charge in [0.2, 0.25) is 0 Å². The number of likely N-dealkylation sites (N-methyl/N-ethyl adjacent to an activating group) is 1. The van der Waals surface area contributed by atoms with Gasteiger partial charge in [0.1, 0.15) is 0 Å².